The summed E-state index contributed by atoms with van der Waals surface area (Å²) >= 11 is 5.58. The lowest BCUT2D eigenvalue weighted by molar-refractivity contribution is -0.384. The molecule has 5 aromatic rings. The van der Waals surface area contributed by atoms with Gasteiger partial charge in [-0.2, -0.15) is 0 Å². The van der Waals surface area contributed by atoms with Crippen LogP contribution < -0.4 is 10.5 Å². The zero-order chi connectivity index (χ0) is 37.6. The molecule has 5 aromatic carbocycles. The van der Waals surface area contributed by atoms with Crippen LogP contribution in [0.15, 0.2) is 121 Å². The highest BCUT2D eigenvalue weighted by atomic mass is 35.5. The van der Waals surface area contributed by atoms with Crippen molar-refractivity contribution in [2.24, 2.45) is 5.73 Å². The molecule has 0 saturated carbocycles. The second-order valence-electron chi connectivity index (χ2n) is 12.2. The summed E-state index contributed by atoms with van der Waals surface area (Å²) in [6.45, 7) is 10.5. The van der Waals surface area contributed by atoms with Gasteiger partial charge in [-0.25, -0.2) is 0 Å². The number of ether oxygens (including phenoxy) is 1. The van der Waals surface area contributed by atoms with Crippen molar-refractivity contribution in [2.45, 2.75) is 72.7 Å². The highest BCUT2D eigenvalue weighted by Gasteiger charge is 2.08. The molecule has 0 heterocycles. The number of halogens is 1. The van der Waals surface area contributed by atoms with Gasteiger partial charge in [0, 0.05) is 37.4 Å². The minimum Gasteiger partial charge on any atom is -0.427 e. The second kappa shape index (κ2) is 23.3. The number of esters is 1. The Balaban J connectivity index is 0.000000255. The molecule has 0 amide bonds. The van der Waals surface area contributed by atoms with Crippen molar-refractivity contribution >= 4 is 29.0 Å². The molecular formula is C43H49ClN2O5. The first-order valence-corrected chi connectivity index (χ1v) is 17.3. The maximum atomic E-state index is 11.7. The summed E-state index contributed by atoms with van der Waals surface area (Å²) in [4.78, 5) is 32.4. The molecule has 0 aliphatic rings. The predicted molar refractivity (Wildman–Crippen MR) is 208 cm³/mol. The standard InChI is InChI=1S/C16H15NO4.C11H14O.C8H9Cl.C8H11N/c1-12-2-4-13(5-3-12)6-11-16(18)21-15-9-7-14(8-10-15)17(19)20;1-9-3-6-11(7-4-9)8-5-10(2)12;2*1-7-2-4-8(6-9)5-3-7/h2-5,7-10H,6,11H2,1H3;3-4,6-7H,5,8H2,1-2H3;2-5H,6H2,1H3;2-5H,6,9H2,1H3. The molecule has 2 N–H and O–H groups in total. The molecule has 8 heteroatoms. The van der Waals surface area contributed by atoms with Crippen LogP contribution in [-0.2, 0) is 34.9 Å². The molecule has 0 atom stereocenters. The highest BCUT2D eigenvalue weighted by molar-refractivity contribution is 6.17. The largest absolute Gasteiger partial charge is 0.427 e. The average Bonchev–Trinajstić information content (AvgIpc) is 3.13. The fourth-order valence-electron chi connectivity index (χ4n) is 4.30. The lowest BCUT2D eigenvalue weighted by atomic mass is 10.1. The van der Waals surface area contributed by atoms with Gasteiger partial charge in [0.2, 0.25) is 0 Å². The Hall–Kier alpha value is -5.11. The van der Waals surface area contributed by atoms with E-state index >= 15 is 0 Å². The Kier molecular flexibility index (Phi) is 19.2. The maximum absolute atomic E-state index is 11.7. The third kappa shape index (κ3) is 18.5. The number of nitro benzene ring substituents is 1. The molecule has 268 valence electrons. The number of non-ortho nitro benzene ring substituents is 1. The summed E-state index contributed by atoms with van der Waals surface area (Å²) in [6.07, 6.45) is 2.39. The zero-order valence-electron chi connectivity index (χ0n) is 30.2. The number of carbonyl (C=O) groups excluding carboxylic acids is 2. The number of benzene rings is 5. The van der Waals surface area contributed by atoms with E-state index in [9.17, 15) is 19.7 Å². The Morgan fingerprint density at radius 3 is 1.33 bits per heavy atom. The number of nitrogens with zero attached hydrogens (tertiary/aromatic N) is 1. The molecule has 0 radical (unpaired) electrons. The quantitative estimate of drug-likeness (QED) is 0.0508. The van der Waals surface area contributed by atoms with Crippen LogP contribution >= 0.6 is 11.6 Å². The zero-order valence-corrected chi connectivity index (χ0v) is 31.0. The third-order valence-corrected chi connectivity index (χ3v) is 7.84. The summed E-state index contributed by atoms with van der Waals surface area (Å²) in [5.74, 6) is 0.829. The van der Waals surface area contributed by atoms with Crippen LogP contribution in [0, 0.1) is 37.8 Å². The lowest BCUT2D eigenvalue weighted by Crippen LogP contribution is -2.09. The van der Waals surface area contributed by atoms with E-state index in [0.717, 1.165) is 12.0 Å². The van der Waals surface area contributed by atoms with Gasteiger partial charge in [-0.05, 0) is 81.8 Å². The number of rotatable bonds is 10. The highest BCUT2D eigenvalue weighted by Crippen LogP contribution is 2.18. The number of nitro groups is 1. The van der Waals surface area contributed by atoms with Crippen molar-refractivity contribution in [3.05, 3.63) is 176 Å². The van der Waals surface area contributed by atoms with E-state index in [4.69, 9.17) is 22.1 Å². The van der Waals surface area contributed by atoms with Gasteiger partial charge < -0.3 is 15.3 Å². The number of alkyl halides is 1. The SMILES string of the molecule is CC(=O)CCc1ccc(C)cc1.Cc1ccc(CCC(=O)Oc2ccc([N+](=O)[O-])cc2)cc1.Cc1ccc(CCl)cc1.Cc1ccc(CN)cc1. The van der Waals surface area contributed by atoms with Gasteiger partial charge in [0.15, 0.2) is 0 Å². The number of Topliss-reactive ketones (excluding diaryl/α,β-unsaturated/α-hetero) is 1. The Morgan fingerprint density at radius 1 is 0.608 bits per heavy atom. The summed E-state index contributed by atoms with van der Waals surface area (Å²) in [6, 6.07) is 38.2. The van der Waals surface area contributed by atoms with Crippen molar-refractivity contribution in [3.63, 3.8) is 0 Å². The lowest BCUT2D eigenvalue weighted by Gasteiger charge is -2.04. The van der Waals surface area contributed by atoms with E-state index in [-0.39, 0.29) is 23.9 Å². The van der Waals surface area contributed by atoms with Crippen molar-refractivity contribution in [1.29, 1.82) is 0 Å². The molecule has 0 saturated heterocycles. The molecule has 0 aliphatic heterocycles. The first kappa shape index (κ1) is 42.1. The number of hydrogen-bond acceptors (Lipinski definition) is 6. The maximum Gasteiger partial charge on any atom is 0.311 e. The summed E-state index contributed by atoms with van der Waals surface area (Å²) in [5.41, 5.74) is 15.1. The Labute approximate surface area is 307 Å². The molecule has 5 rings (SSSR count). The van der Waals surface area contributed by atoms with Gasteiger partial charge in [0.25, 0.3) is 5.69 Å². The summed E-state index contributed by atoms with van der Waals surface area (Å²) in [5, 5.41) is 10.5. The van der Waals surface area contributed by atoms with Crippen LogP contribution in [-0.4, -0.2) is 16.7 Å². The summed E-state index contributed by atoms with van der Waals surface area (Å²) < 4.78 is 5.13. The molecule has 0 spiro atoms. The van der Waals surface area contributed by atoms with Crippen molar-refractivity contribution in [2.75, 3.05) is 0 Å². The van der Waals surface area contributed by atoms with Gasteiger partial charge >= 0.3 is 5.97 Å². The number of nitrogens with two attached hydrogens (primary N) is 1. The molecule has 0 fully saturated rings. The summed E-state index contributed by atoms with van der Waals surface area (Å²) in [7, 11) is 0. The number of hydrogen-bond donors (Lipinski definition) is 1. The predicted octanol–water partition coefficient (Wildman–Crippen LogP) is 10.1. The average molecular weight is 709 g/mol. The van der Waals surface area contributed by atoms with E-state index in [1.54, 1.807) is 6.92 Å². The van der Waals surface area contributed by atoms with Gasteiger partial charge in [-0.15, -0.1) is 11.6 Å². The second-order valence-corrected chi connectivity index (χ2v) is 12.5. The van der Waals surface area contributed by atoms with Crippen molar-refractivity contribution < 1.29 is 19.2 Å². The van der Waals surface area contributed by atoms with Crippen LogP contribution in [0.2, 0.25) is 0 Å². The molecule has 0 aliphatic carbocycles. The smallest absolute Gasteiger partial charge is 0.311 e. The molecular weight excluding hydrogens is 660 g/mol. The fraction of sp³-hybridized carbons (Fsp3) is 0.256. The number of carbonyl (C=O) groups is 2. The van der Waals surface area contributed by atoms with Crippen LogP contribution in [0.4, 0.5) is 5.69 Å². The van der Waals surface area contributed by atoms with E-state index < -0.39 is 4.92 Å². The first-order valence-electron chi connectivity index (χ1n) is 16.8. The van der Waals surface area contributed by atoms with E-state index in [1.807, 2.05) is 43.3 Å². The molecule has 51 heavy (non-hydrogen) atoms. The van der Waals surface area contributed by atoms with Crippen LogP contribution in [0.3, 0.4) is 0 Å². The topological polar surface area (TPSA) is 113 Å². The number of ketones is 1. The minimum atomic E-state index is -0.497. The van der Waals surface area contributed by atoms with Crippen LogP contribution in [0.25, 0.3) is 0 Å². The van der Waals surface area contributed by atoms with E-state index in [1.165, 1.54) is 63.2 Å². The van der Waals surface area contributed by atoms with Gasteiger partial charge in [-0.3, -0.25) is 14.9 Å². The normalized spacial score (nSPS) is 9.86. The van der Waals surface area contributed by atoms with Crippen molar-refractivity contribution in [3.8, 4) is 5.75 Å². The van der Waals surface area contributed by atoms with E-state index in [0.29, 0.717) is 31.0 Å². The van der Waals surface area contributed by atoms with Gasteiger partial charge in [0.05, 0.1) is 4.92 Å². The Morgan fingerprint density at radius 2 is 0.980 bits per heavy atom. The third-order valence-electron chi connectivity index (χ3n) is 7.54. The molecule has 0 bridgehead atoms. The Bertz CT molecular complexity index is 1710. The monoisotopic (exact) mass is 708 g/mol. The minimum absolute atomic E-state index is 0.0329. The van der Waals surface area contributed by atoms with Crippen LogP contribution in [0.5, 0.6) is 5.75 Å². The van der Waals surface area contributed by atoms with Crippen LogP contribution in [0.1, 0.15) is 64.3 Å². The van der Waals surface area contributed by atoms with Gasteiger partial charge in [0.1, 0.15) is 11.5 Å². The first-order chi connectivity index (χ1) is 24.4. The number of aryl methyl sites for hydroxylation is 6. The molecule has 0 unspecified atom stereocenters. The van der Waals surface area contributed by atoms with Gasteiger partial charge in [-0.1, -0.05) is 119 Å². The molecule has 7 nitrogen and oxygen atoms in total. The van der Waals surface area contributed by atoms with Crippen molar-refractivity contribution in [1.82, 2.24) is 0 Å². The fourth-order valence-corrected chi connectivity index (χ4v) is 4.47. The van der Waals surface area contributed by atoms with E-state index in [2.05, 4.69) is 81.4 Å². The molecule has 0 aromatic heterocycles.